The summed E-state index contributed by atoms with van der Waals surface area (Å²) in [6.07, 6.45) is 6.39. The number of para-hydroxylation sites is 1. The minimum absolute atomic E-state index is 0.0265. The standard InChI is InChI=1S/C15H21BrO2/c1-2-11-5-3-7-13(9-11)18-15-12(10-17)6-4-8-14(15)16/h4,6,8,11,13,17H,2-3,5,7,9-10H2,1H3. The molecule has 0 aliphatic heterocycles. The molecule has 1 aromatic rings. The predicted octanol–water partition coefficient (Wildman–Crippen LogP) is 4.29. The van der Waals surface area contributed by atoms with E-state index in [1.807, 2.05) is 18.2 Å². The highest BCUT2D eigenvalue weighted by Crippen LogP contribution is 2.34. The molecule has 18 heavy (non-hydrogen) atoms. The maximum Gasteiger partial charge on any atom is 0.139 e. The van der Waals surface area contributed by atoms with Gasteiger partial charge in [-0.05, 0) is 47.2 Å². The lowest BCUT2D eigenvalue weighted by Gasteiger charge is -2.29. The van der Waals surface area contributed by atoms with Crippen molar-refractivity contribution in [2.24, 2.45) is 5.92 Å². The van der Waals surface area contributed by atoms with E-state index in [-0.39, 0.29) is 6.61 Å². The predicted molar refractivity (Wildman–Crippen MR) is 76.7 cm³/mol. The summed E-state index contributed by atoms with van der Waals surface area (Å²) < 4.78 is 7.07. The molecule has 2 nitrogen and oxygen atoms in total. The van der Waals surface area contributed by atoms with Gasteiger partial charge >= 0.3 is 0 Å². The molecule has 1 aliphatic carbocycles. The van der Waals surface area contributed by atoms with E-state index in [4.69, 9.17) is 4.74 Å². The van der Waals surface area contributed by atoms with E-state index in [1.165, 1.54) is 19.3 Å². The molecule has 1 N–H and O–H groups in total. The van der Waals surface area contributed by atoms with Gasteiger partial charge in [-0.2, -0.15) is 0 Å². The molecule has 0 radical (unpaired) electrons. The second-order valence-corrected chi connectivity index (χ2v) is 5.92. The quantitative estimate of drug-likeness (QED) is 0.898. The molecule has 1 aliphatic rings. The fourth-order valence-electron chi connectivity index (χ4n) is 2.70. The molecular formula is C15H21BrO2. The lowest BCUT2D eigenvalue weighted by Crippen LogP contribution is -2.25. The minimum Gasteiger partial charge on any atom is -0.489 e. The van der Waals surface area contributed by atoms with Crippen molar-refractivity contribution >= 4 is 15.9 Å². The van der Waals surface area contributed by atoms with Gasteiger partial charge in [-0.25, -0.2) is 0 Å². The smallest absolute Gasteiger partial charge is 0.139 e. The number of halogens is 1. The Hall–Kier alpha value is -0.540. The largest absolute Gasteiger partial charge is 0.489 e. The van der Waals surface area contributed by atoms with E-state index in [0.717, 1.165) is 34.5 Å². The molecule has 0 amide bonds. The van der Waals surface area contributed by atoms with Gasteiger partial charge in [-0.15, -0.1) is 0 Å². The van der Waals surface area contributed by atoms with Crippen LogP contribution < -0.4 is 4.74 Å². The molecule has 0 spiro atoms. The SMILES string of the molecule is CCC1CCCC(Oc2c(Br)cccc2CO)C1. The average molecular weight is 313 g/mol. The molecule has 0 bridgehead atoms. The van der Waals surface area contributed by atoms with Crippen LogP contribution in [0.25, 0.3) is 0 Å². The van der Waals surface area contributed by atoms with Gasteiger partial charge in [0.2, 0.25) is 0 Å². The van der Waals surface area contributed by atoms with Gasteiger partial charge in [0.1, 0.15) is 5.75 Å². The minimum atomic E-state index is 0.0265. The van der Waals surface area contributed by atoms with Crippen molar-refractivity contribution in [3.05, 3.63) is 28.2 Å². The number of benzene rings is 1. The van der Waals surface area contributed by atoms with Gasteiger partial charge in [0, 0.05) is 5.56 Å². The zero-order valence-corrected chi connectivity index (χ0v) is 12.4. The van der Waals surface area contributed by atoms with E-state index >= 15 is 0 Å². The van der Waals surface area contributed by atoms with Gasteiger partial charge in [0.15, 0.2) is 0 Å². The van der Waals surface area contributed by atoms with Gasteiger partial charge < -0.3 is 9.84 Å². The molecule has 2 rings (SSSR count). The summed E-state index contributed by atoms with van der Waals surface area (Å²) >= 11 is 3.51. The highest BCUT2D eigenvalue weighted by Gasteiger charge is 2.23. The first kappa shape index (κ1) is 13.9. The molecule has 2 atom stereocenters. The topological polar surface area (TPSA) is 29.5 Å². The number of aliphatic hydroxyl groups excluding tert-OH is 1. The molecule has 100 valence electrons. The van der Waals surface area contributed by atoms with Gasteiger partial charge in [0.25, 0.3) is 0 Å². The van der Waals surface area contributed by atoms with Crippen LogP contribution in [0.4, 0.5) is 0 Å². The lowest BCUT2D eigenvalue weighted by molar-refractivity contribution is 0.118. The van der Waals surface area contributed by atoms with E-state index in [2.05, 4.69) is 22.9 Å². The Kier molecular flexibility index (Phi) is 5.07. The third-order valence-electron chi connectivity index (χ3n) is 3.82. The van der Waals surface area contributed by atoms with Crippen molar-refractivity contribution in [2.75, 3.05) is 0 Å². The fraction of sp³-hybridized carbons (Fsp3) is 0.600. The number of aliphatic hydroxyl groups is 1. The first-order valence-electron chi connectivity index (χ1n) is 6.79. The summed E-state index contributed by atoms with van der Waals surface area (Å²) in [6, 6.07) is 5.81. The number of hydrogen-bond donors (Lipinski definition) is 1. The zero-order chi connectivity index (χ0) is 13.0. The summed E-state index contributed by atoms with van der Waals surface area (Å²) in [4.78, 5) is 0. The van der Waals surface area contributed by atoms with Crippen molar-refractivity contribution in [2.45, 2.75) is 51.7 Å². The van der Waals surface area contributed by atoms with Crippen molar-refractivity contribution in [3.8, 4) is 5.75 Å². The van der Waals surface area contributed by atoms with Crippen molar-refractivity contribution in [1.29, 1.82) is 0 Å². The van der Waals surface area contributed by atoms with Crippen LogP contribution in [0.2, 0.25) is 0 Å². The maximum atomic E-state index is 9.37. The van der Waals surface area contributed by atoms with Crippen LogP contribution >= 0.6 is 15.9 Å². The summed E-state index contributed by atoms with van der Waals surface area (Å²) in [5.41, 5.74) is 0.864. The Labute approximate surface area is 117 Å². The molecule has 1 fully saturated rings. The van der Waals surface area contributed by atoms with Crippen molar-refractivity contribution in [1.82, 2.24) is 0 Å². The Morgan fingerprint density at radius 2 is 2.22 bits per heavy atom. The summed E-state index contributed by atoms with van der Waals surface area (Å²) in [5, 5.41) is 9.37. The fourth-order valence-corrected chi connectivity index (χ4v) is 3.20. The summed E-state index contributed by atoms with van der Waals surface area (Å²) in [5.74, 6) is 1.62. The van der Waals surface area contributed by atoms with Gasteiger partial charge in [0.05, 0.1) is 17.2 Å². The molecule has 1 aromatic carbocycles. The maximum absolute atomic E-state index is 9.37. The lowest BCUT2D eigenvalue weighted by atomic mass is 9.85. The molecule has 0 heterocycles. The highest BCUT2D eigenvalue weighted by molar-refractivity contribution is 9.10. The van der Waals surface area contributed by atoms with Crippen molar-refractivity contribution < 1.29 is 9.84 Å². The van der Waals surface area contributed by atoms with E-state index < -0.39 is 0 Å². The van der Waals surface area contributed by atoms with E-state index in [1.54, 1.807) is 0 Å². The van der Waals surface area contributed by atoms with Gasteiger partial charge in [-0.3, -0.25) is 0 Å². The Morgan fingerprint density at radius 3 is 2.94 bits per heavy atom. The van der Waals surface area contributed by atoms with Crippen LogP contribution in [0.1, 0.15) is 44.6 Å². The third-order valence-corrected chi connectivity index (χ3v) is 4.44. The van der Waals surface area contributed by atoms with Gasteiger partial charge in [-0.1, -0.05) is 31.9 Å². The number of rotatable bonds is 4. The third kappa shape index (κ3) is 3.27. The van der Waals surface area contributed by atoms with Crippen molar-refractivity contribution in [3.63, 3.8) is 0 Å². The Bertz CT molecular complexity index is 392. The Morgan fingerprint density at radius 1 is 1.39 bits per heavy atom. The van der Waals surface area contributed by atoms with Crippen LogP contribution in [0, 0.1) is 5.92 Å². The van der Waals surface area contributed by atoms with E-state index in [0.29, 0.717) is 6.10 Å². The normalized spacial score (nSPS) is 23.9. The van der Waals surface area contributed by atoms with E-state index in [9.17, 15) is 5.11 Å². The first-order chi connectivity index (χ1) is 8.74. The van der Waals surface area contributed by atoms with Crippen LogP contribution in [-0.2, 0) is 6.61 Å². The zero-order valence-electron chi connectivity index (χ0n) is 10.9. The van der Waals surface area contributed by atoms with Crippen LogP contribution in [0.5, 0.6) is 5.75 Å². The monoisotopic (exact) mass is 312 g/mol. The Balaban J connectivity index is 2.09. The average Bonchev–Trinajstić information content (AvgIpc) is 2.41. The first-order valence-corrected chi connectivity index (χ1v) is 7.58. The molecule has 3 heteroatoms. The number of hydrogen-bond acceptors (Lipinski definition) is 2. The second kappa shape index (κ2) is 6.58. The molecule has 0 aromatic heterocycles. The van der Waals surface area contributed by atoms with Crippen LogP contribution in [0.15, 0.2) is 22.7 Å². The highest BCUT2D eigenvalue weighted by atomic mass is 79.9. The number of ether oxygens (including phenoxy) is 1. The van der Waals surface area contributed by atoms with Crippen LogP contribution in [0.3, 0.4) is 0 Å². The second-order valence-electron chi connectivity index (χ2n) is 5.07. The summed E-state index contributed by atoms with van der Waals surface area (Å²) in [6.45, 7) is 2.28. The summed E-state index contributed by atoms with van der Waals surface area (Å²) in [7, 11) is 0. The molecule has 2 unspecified atom stereocenters. The molecular weight excluding hydrogens is 292 g/mol. The van der Waals surface area contributed by atoms with Crippen LogP contribution in [-0.4, -0.2) is 11.2 Å². The molecule has 1 saturated carbocycles. The molecule has 0 saturated heterocycles.